The van der Waals surface area contributed by atoms with Gasteiger partial charge in [-0.15, -0.1) is 0 Å². The fraction of sp³-hybridized carbons (Fsp3) is 0.739. The largest absolute Gasteiger partial charge is 0.405 e. The third-order valence-corrected chi connectivity index (χ3v) is 14.2. The zero-order valence-corrected chi connectivity index (χ0v) is 38.6. The minimum Gasteiger partial charge on any atom is -0.405 e. The summed E-state index contributed by atoms with van der Waals surface area (Å²) in [5, 5.41) is 2.48. The van der Waals surface area contributed by atoms with Crippen LogP contribution in [0.5, 0.6) is 0 Å². The van der Waals surface area contributed by atoms with Gasteiger partial charge in [-0.1, -0.05) is 108 Å². The molecule has 0 aromatic heterocycles. The first kappa shape index (κ1) is 54.3. The molecule has 0 radical (unpaired) electrons. The second-order valence-corrected chi connectivity index (χ2v) is 19.2. The lowest BCUT2D eigenvalue weighted by atomic mass is 10.2. The van der Waals surface area contributed by atoms with Crippen molar-refractivity contribution >= 4 is 18.7 Å². The molecule has 0 saturated heterocycles. The van der Waals surface area contributed by atoms with Gasteiger partial charge in [0, 0.05) is 6.61 Å². The highest BCUT2D eigenvalue weighted by atomic mass is 28.4. The highest BCUT2D eigenvalue weighted by Gasteiger charge is 2.50. The van der Waals surface area contributed by atoms with Gasteiger partial charge in [-0.05, 0) is 21.8 Å². The summed E-state index contributed by atoms with van der Waals surface area (Å²) in [6.07, 6.45) is 4.89. The second-order valence-electron chi connectivity index (χ2n) is 14.9. The molecule has 0 bridgehead atoms. The van der Waals surface area contributed by atoms with Gasteiger partial charge in [-0.2, -0.15) is 0 Å². The van der Waals surface area contributed by atoms with Crippen molar-refractivity contribution in [1.29, 1.82) is 0 Å². The van der Waals surface area contributed by atoms with Crippen molar-refractivity contribution in [3.8, 4) is 0 Å². The fourth-order valence-electron chi connectivity index (χ4n) is 6.17. The number of hydrogen-bond donors (Lipinski definition) is 0. The molecule has 0 unspecified atom stereocenters. The van der Waals surface area contributed by atoms with Crippen LogP contribution in [-0.2, 0) is 61.3 Å². The molecule has 0 aliphatic carbocycles. The van der Waals surface area contributed by atoms with Crippen molar-refractivity contribution in [2.75, 3.05) is 165 Å². The van der Waals surface area contributed by atoms with Gasteiger partial charge in [0.25, 0.3) is 8.32 Å². The van der Waals surface area contributed by atoms with Crippen molar-refractivity contribution in [3.63, 3.8) is 0 Å². The molecule has 2 aromatic rings. The topological polar surface area (TPSA) is 120 Å². The summed E-state index contributed by atoms with van der Waals surface area (Å²) in [4.78, 5) is 0. The smallest absolute Gasteiger partial charge is 0.261 e. The SMILES string of the molecule is CCCCCCOCCOCCOCCOCCOCCOCCOCCOCCOCCOCCOCCOCCO[Si](c1ccccc1)(c1ccccc1)C(C)(C)C. The van der Waals surface area contributed by atoms with Gasteiger partial charge in [0.15, 0.2) is 0 Å². The second kappa shape index (κ2) is 38.8. The Morgan fingerprint density at radius 3 is 0.817 bits per heavy atom. The van der Waals surface area contributed by atoms with E-state index in [2.05, 4.69) is 88.4 Å². The van der Waals surface area contributed by atoms with E-state index in [-0.39, 0.29) is 5.04 Å². The van der Waals surface area contributed by atoms with Crippen LogP contribution in [0.4, 0.5) is 0 Å². The van der Waals surface area contributed by atoms with Gasteiger partial charge in [0.1, 0.15) is 0 Å². The van der Waals surface area contributed by atoms with Crippen LogP contribution in [0.15, 0.2) is 60.7 Å². The molecule has 2 rings (SSSR count). The molecule has 0 aliphatic heterocycles. The van der Waals surface area contributed by atoms with Crippen LogP contribution >= 0.6 is 0 Å². The van der Waals surface area contributed by atoms with E-state index in [9.17, 15) is 0 Å². The minimum absolute atomic E-state index is 0.0579. The zero-order valence-electron chi connectivity index (χ0n) is 37.6. The van der Waals surface area contributed by atoms with E-state index in [0.29, 0.717) is 159 Å². The van der Waals surface area contributed by atoms with Crippen molar-refractivity contribution in [2.24, 2.45) is 0 Å². The summed E-state index contributed by atoms with van der Waals surface area (Å²) in [6, 6.07) is 21.3. The number of unbranched alkanes of at least 4 members (excludes halogenated alkanes) is 3. The molecule has 0 N–H and O–H groups in total. The molecule has 0 saturated carbocycles. The van der Waals surface area contributed by atoms with Gasteiger partial charge in [0.05, 0.1) is 159 Å². The Hall–Kier alpha value is -1.86. The summed E-state index contributed by atoms with van der Waals surface area (Å²) in [6.45, 7) is 22.5. The molecule has 0 amide bonds. The van der Waals surface area contributed by atoms with Crippen molar-refractivity contribution in [3.05, 3.63) is 60.7 Å². The van der Waals surface area contributed by atoms with Gasteiger partial charge in [-0.25, -0.2) is 0 Å². The predicted octanol–water partition coefficient (Wildman–Crippen LogP) is 5.34. The number of rotatable bonds is 44. The molecular weight excluding hydrogens is 789 g/mol. The third kappa shape index (κ3) is 27.3. The molecule has 14 heteroatoms. The normalized spacial score (nSPS) is 12.1. The molecule has 2 aromatic carbocycles. The predicted molar refractivity (Wildman–Crippen MR) is 238 cm³/mol. The first-order valence-corrected chi connectivity index (χ1v) is 24.1. The van der Waals surface area contributed by atoms with Gasteiger partial charge < -0.3 is 61.3 Å². The monoisotopic (exact) mass is 869 g/mol. The standard InChI is InChI=1S/C46H80O13Si/c1-5-6-7-14-19-47-20-21-48-22-23-49-24-25-50-26-27-51-28-29-52-30-31-53-32-33-54-34-35-55-36-37-56-38-39-57-40-41-58-42-43-59-60(46(2,3)4,44-15-10-8-11-16-44)45-17-12-9-13-18-45/h8-13,15-18H,5-7,14,19-43H2,1-4H3. The van der Waals surface area contributed by atoms with E-state index >= 15 is 0 Å². The minimum atomic E-state index is -2.54. The quantitative estimate of drug-likeness (QED) is 0.0631. The maximum atomic E-state index is 6.86. The van der Waals surface area contributed by atoms with E-state index in [0.717, 1.165) is 13.0 Å². The summed E-state index contributed by atoms with van der Waals surface area (Å²) >= 11 is 0. The first-order chi connectivity index (χ1) is 29.5. The van der Waals surface area contributed by atoms with Crippen LogP contribution in [0.2, 0.25) is 5.04 Å². The molecule has 0 heterocycles. The summed E-state index contributed by atoms with van der Waals surface area (Å²) in [5.41, 5.74) is 0. The van der Waals surface area contributed by atoms with E-state index in [1.54, 1.807) is 0 Å². The fourth-order valence-corrected chi connectivity index (χ4v) is 10.7. The molecule has 60 heavy (non-hydrogen) atoms. The van der Waals surface area contributed by atoms with Gasteiger partial charge in [0.2, 0.25) is 0 Å². The lowest BCUT2D eigenvalue weighted by molar-refractivity contribution is -0.0285. The molecule has 13 nitrogen and oxygen atoms in total. The molecule has 0 spiro atoms. The zero-order chi connectivity index (χ0) is 42.9. The van der Waals surface area contributed by atoms with Crippen LogP contribution in [0.3, 0.4) is 0 Å². The van der Waals surface area contributed by atoms with E-state index in [4.69, 9.17) is 61.3 Å². The number of benzene rings is 2. The van der Waals surface area contributed by atoms with E-state index in [1.807, 2.05) is 0 Å². The van der Waals surface area contributed by atoms with E-state index < -0.39 is 8.32 Å². The number of hydrogen-bond acceptors (Lipinski definition) is 13. The van der Waals surface area contributed by atoms with Crippen LogP contribution < -0.4 is 10.4 Å². The third-order valence-electron chi connectivity index (χ3n) is 9.20. The Balaban J connectivity index is 1.25. The Kier molecular flexibility index (Phi) is 35.1. The maximum Gasteiger partial charge on any atom is 0.261 e. The van der Waals surface area contributed by atoms with Crippen LogP contribution in [0.1, 0.15) is 53.4 Å². The number of ether oxygens (including phenoxy) is 12. The molecule has 346 valence electrons. The lowest BCUT2D eigenvalue weighted by Gasteiger charge is -2.43. The summed E-state index contributed by atoms with van der Waals surface area (Å²) < 4.78 is 73.7. The summed E-state index contributed by atoms with van der Waals surface area (Å²) in [5.74, 6) is 0. The maximum absolute atomic E-state index is 6.86. The highest BCUT2D eigenvalue weighted by molar-refractivity contribution is 6.99. The molecule has 0 aliphatic rings. The highest BCUT2D eigenvalue weighted by Crippen LogP contribution is 2.36. The van der Waals surface area contributed by atoms with Crippen LogP contribution in [0, 0.1) is 0 Å². The van der Waals surface area contributed by atoms with Crippen LogP contribution in [-0.4, -0.2) is 173 Å². The Bertz CT molecular complexity index is 1140. The lowest BCUT2D eigenvalue weighted by Crippen LogP contribution is -2.66. The summed E-state index contributed by atoms with van der Waals surface area (Å²) in [7, 11) is -2.54. The van der Waals surface area contributed by atoms with Crippen molar-refractivity contribution in [1.82, 2.24) is 0 Å². The van der Waals surface area contributed by atoms with Crippen molar-refractivity contribution in [2.45, 2.75) is 58.4 Å². The van der Waals surface area contributed by atoms with Gasteiger partial charge >= 0.3 is 0 Å². The Labute approximate surface area is 363 Å². The average molecular weight is 869 g/mol. The molecule has 0 atom stereocenters. The van der Waals surface area contributed by atoms with Gasteiger partial charge in [-0.3, -0.25) is 0 Å². The molecular formula is C46H80O13Si. The van der Waals surface area contributed by atoms with E-state index in [1.165, 1.54) is 29.6 Å². The Morgan fingerprint density at radius 1 is 0.317 bits per heavy atom. The van der Waals surface area contributed by atoms with Crippen LogP contribution in [0.25, 0.3) is 0 Å². The average Bonchev–Trinajstić information content (AvgIpc) is 3.25. The first-order valence-electron chi connectivity index (χ1n) is 22.2. The molecule has 0 fully saturated rings. The van der Waals surface area contributed by atoms with Crippen molar-refractivity contribution < 1.29 is 61.3 Å². The Morgan fingerprint density at radius 2 is 0.567 bits per heavy atom.